The van der Waals surface area contributed by atoms with Gasteiger partial charge in [-0.2, -0.15) is 0 Å². The minimum Gasteiger partial charge on any atom is -0.240 e. The molecule has 0 bridgehead atoms. The number of benzene rings is 1. The highest BCUT2D eigenvalue weighted by Crippen LogP contribution is 2.34. The van der Waals surface area contributed by atoms with Gasteiger partial charge in [-0.25, -0.2) is 4.68 Å². The number of hydrogen-bond donors (Lipinski definition) is 0. The van der Waals surface area contributed by atoms with Gasteiger partial charge in [-0.15, -0.1) is 5.10 Å². The molecule has 0 unspecified atom stereocenters. The molecule has 0 saturated heterocycles. The fourth-order valence-corrected chi connectivity index (χ4v) is 2.10. The van der Waals surface area contributed by atoms with E-state index < -0.39 is 0 Å². The number of para-hydroxylation sites is 1. The monoisotopic (exact) mass is 207 g/mol. The lowest BCUT2D eigenvalue weighted by Crippen LogP contribution is -2.18. The highest BCUT2D eigenvalue weighted by atomic mass is 35.5. The third-order valence-electron chi connectivity index (χ3n) is 2.86. The van der Waals surface area contributed by atoms with E-state index in [-0.39, 0.29) is 0 Å². The summed E-state index contributed by atoms with van der Waals surface area (Å²) < 4.78 is 1.97. The molecule has 0 N–H and O–H groups in total. The Bertz CT molecular complexity index is 473. The molecule has 1 aliphatic rings. The molecule has 14 heavy (non-hydrogen) atoms. The normalized spacial score (nSPS) is 17.2. The Labute approximate surface area is 86.7 Å². The molecule has 0 atom stereocenters. The molecular weight excluding hydrogens is 198 g/mol. The summed E-state index contributed by atoms with van der Waals surface area (Å²) in [5.74, 6) is 0. The van der Waals surface area contributed by atoms with Crippen LogP contribution >= 0.6 is 11.6 Å². The van der Waals surface area contributed by atoms with E-state index in [4.69, 9.17) is 11.6 Å². The van der Waals surface area contributed by atoms with E-state index in [1.54, 1.807) is 0 Å². The molecule has 1 fully saturated rings. The molecule has 1 aromatic carbocycles. The molecule has 0 spiro atoms. The van der Waals surface area contributed by atoms with Crippen LogP contribution in [0.2, 0.25) is 5.02 Å². The molecule has 1 heterocycles. The first-order chi connectivity index (χ1) is 6.86. The molecule has 1 aliphatic carbocycles. The second-order valence-electron chi connectivity index (χ2n) is 3.73. The Morgan fingerprint density at radius 3 is 2.93 bits per heavy atom. The van der Waals surface area contributed by atoms with Crippen molar-refractivity contribution in [2.24, 2.45) is 0 Å². The second-order valence-corrected chi connectivity index (χ2v) is 4.13. The highest BCUT2D eigenvalue weighted by molar-refractivity contribution is 6.34. The molecule has 1 saturated carbocycles. The topological polar surface area (TPSA) is 30.7 Å². The Morgan fingerprint density at radius 1 is 1.36 bits per heavy atom. The number of rotatable bonds is 1. The molecule has 4 heteroatoms. The molecular formula is C10H10ClN3. The largest absolute Gasteiger partial charge is 0.240 e. The van der Waals surface area contributed by atoms with Crippen molar-refractivity contribution in [3.8, 4) is 0 Å². The molecule has 2 aromatic rings. The Hall–Kier alpha value is -1.09. The first-order valence-electron chi connectivity index (χ1n) is 4.85. The first kappa shape index (κ1) is 8.24. The van der Waals surface area contributed by atoms with E-state index in [1.165, 1.54) is 19.3 Å². The number of nitrogens with zero attached hydrogens (tertiary/aromatic N) is 3. The molecule has 0 amide bonds. The molecule has 72 valence electrons. The van der Waals surface area contributed by atoms with Crippen LogP contribution in [0.5, 0.6) is 0 Å². The summed E-state index contributed by atoms with van der Waals surface area (Å²) in [7, 11) is 0. The van der Waals surface area contributed by atoms with Crippen molar-refractivity contribution in [3.05, 3.63) is 23.2 Å². The van der Waals surface area contributed by atoms with Gasteiger partial charge in [0.25, 0.3) is 0 Å². The lowest BCUT2D eigenvalue weighted by Gasteiger charge is -2.25. The van der Waals surface area contributed by atoms with Crippen LogP contribution in [0.15, 0.2) is 18.2 Å². The fraction of sp³-hybridized carbons (Fsp3) is 0.400. The molecule has 0 aliphatic heterocycles. The summed E-state index contributed by atoms with van der Waals surface area (Å²) in [5.41, 5.74) is 1.88. The minimum atomic E-state index is 0.514. The van der Waals surface area contributed by atoms with E-state index >= 15 is 0 Å². The number of aromatic nitrogens is 3. The van der Waals surface area contributed by atoms with Crippen molar-refractivity contribution >= 4 is 22.6 Å². The van der Waals surface area contributed by atoms with E-state index in [2.05, 4.69) is 10.3 Å². The van der Waals surface area contributed by atoms with Crippen molar-refractivity contribution in [3.63, 3.8) is 0 Å². The lowest BCUT2D eigenvalue weighted by molar-refractivity contribution is 0.292. The zero-order chi connectivity index (χ0) is 9.54. The Balaban J connectivity index is 2.23. The summed E-state index contributed by atoms with van der Waals surface area (Å²) in [6.07, 6.45) is 3.68. The standard InChI is InChI=1S/C10H10ClN3/c11-8-5-2-6-9-10(8)14(13-12-9)7-3-1-4-7/h2,5-7H,1,3-4H2. The lowest BCUT2D eigenvalue weighted by atomic mass is 9.93. The fourth-order valence-electron chi connectivity index (χ4n) is 1.84. The van der Waals surface area contributed by atoms with Crippen molar-refractivity contribution in [1.82, 2.24) is 15.0 Å². The summed E-state index contributed by atoms with van der Waals surface area (Å²) >= 11 is 6.13. The van der Waals surface area contributed by atoms with Gasteiger partial charge < -0.3 is 0 Å². The van der Waals surface area contributed by atoms with Crippen LogP contribution in [0.3, 0.4) is 0 Å². The summed E-state index contributed by atoms with van der Waals surface area (Å²) in [5, 5.41) is 9.02. The first-order valence-corrected chi connectivity index (χ1v) is 5.23. The van der Waals surface area contributed by atoms with Crippen LogP contribution < -0.4 is 0 Å². The van der Waals surface area contributed by atoms with Gasteiger partial charge in [0, 0.05) is 0 Å². The molecule has 1 aromatic heterocycles. The van der Waals surface area contributed by atoms with Gasteiger partial charge in [-0.3, -0.25) is 0 Å². The number of hydrogen-bond acceptors (Lipinski definition) is 2. The molecule has 3 rings (SSSR count). The van der Waals surface area contributed by atoms with Gasteiger partial charge in [-0.05, 0) is 31.4 Å². The van der Waals surface area contributed by atoms with Crippen LogP contribution in [-0.2, 0) is 0 Å². The van der Waals surface area contributed by atoms with Crippen molar-refractivity contribution in [2.75, 3.05) is 0 Å². The molecule has 0 radical (unpaired) electrons. The smallest absolute Gasteiger partial charge is 0.114 e. The quantitative estimate of drug-likeness (QED) is 0.720. The average molecular weight is 208 g/mol. The predicted molar refractivity (Wildman–Crippen MR) is 55.4 cm³/mol. The van der Waals surface area contributed by atoms with Gasteiger partial charge in [0.1, 0.15) is 11.0 Å². The maximum absolute atomic E-state index is 6.13. The van der Waals surface area contributed by atoms with Gasteiger partial charge in [0.05, 0.1) is 11.1 Å². The zero-order valence-electron chi connectivity index (χ0n) is 7.65. The molecule has 3 nitrogen and oxygen atoms in total. The van der Waals surface area contributed by atoms with Crippen LogP contribution in [0.1, 0.15) is 25.3 Å². The van der Waals surface area contributed by atoms with Crippen molar-refractivity contribution < 1.29 is 0 Å². The van der Waals surface area contributed by atoms with E-state index in [9.17, 15) is 0 Å². The maximum Gasteiger partial charge on any atom is 0.114 e. The number of fused-ring (bicyclic) bond motifs is 1. The van der Waals surface area contributed by atoms with Crippen molar-refractivity contribution in [2.45, 2.75) is 25.3 Å². The van der Waals surface area contributed by atoms with Crippen LogP contribution in [0.4, 0.5) is 0 Å². The average Bonchev–Trinajstić information content (AvgIpc) is 2.47. The van der Waals surface area contributed by atoms with Gasteiger partial charge in [-0.1, -0.05) is 22.9 Å². The predicted octanol–water partition coefficient (Wildman–Crippen LogP) is 2.81. The Kier molecular flexibility index (Phi) is 1.74. The zero-order valence-corrected chi connectivity index (χ0v) is 8.41. The van der Waals surface area contributed by atoms with Crippen LogP contribution in [0, 0.1) is 0 Å². The van der Waals surface area contributed by atoms with Gasteiger partial charge >= 0.3 is 0 Å². The number of halogens is 1. The second kappa shape index (κ2) is 2.95. The van der Waals surface area contributed by atoms with Gasteiger partial charge in [0.15, 0.2) is 0 Å². The van der Waals surface area contributed by atoms with E-state index in [1.807, 2.05) is 22.9 Å². The van der Waals surface area contributed by atoms with Crippen LogP contribution in [0.25, 0.3) is 11.0 Å². The maximum atomic E-state index is 6.13. The highest BCUT2D eigenvalue weighted by Gasteiger charge is 2.23. The Morgan fingerprint density at radius 2 is 2.21 bits per heavy atom. The third-order valence-corrected chi connectivity index (χ3v) is 3.17. The third kappa shape index (κ3) is 1.05. The van der Waals surface area contributed by atoms with Gasteiger partial charge in [0.2, 0.25) is 0 Å². The van der Waals surface area contributed by atoms with E-state index in [0.717, 1.165) is 16.1 Å². The van der Waals surface area contributed by atoms with Crippen molar-refractivity contribution in [1.29, 1.82) is 0 Å². The minimum absolute atomic E-state index is 0.514. The van der Waals surface area contributed by atoms with E-state index in [0.29, 0.717) is 6.04 Å². The summed E-state index contributed by atoms with van der Waals surface area (Å²) in [6.45, 7) is 0. The SMILES string of the molecule is Clc1cccc2nnn(C3CCC3)c12. The summed E-state index contributed by atoms with van der Waals surface area (Å²) in [6, 6.07) is 6.26. The van der Waals surface area contributed by atoms with Crippen LogP contribution in [-0.4, -0.2) is 15.0 Å². The summed E-state index contributed by atoms with van der Waals surface area (Å²) in [4.78, 5) is 0.